The number of carbonyl (C=O) groups is 1. The Morgan fingerprint density at radius 3 is 2.85 bits per heavy atom. The zero-order valence-electron chi connectivity index (χ0n) is 13.6. The van der Waals surface area contributed by atoms with Crippen molar-refractivity contribution in [2.45, 2.75) is 12.8 Å². The van der Waals surface area contributed by atoms with Gasteiger partial charge >= 0.3 is 0 Å². The van der Waals surface area contributed by atoms with E-state index in [1.165, 1.54) is 6.21 Å². The van der Waals surface area contributed by atoms with Crippen LogP contribution in [0.2, 0.25) is 10.0 Å². The average molecular weight is 415 g/mol. The highest BCUT2D eigenvalue weighted by Gasteiger charge is 2.29. The molecule has 1 aromatic heterocycles. The molecule has 0 unspecified atom stereocenters. The van der Waals surface area contributed by atoms with Crippen LogP contribution in [0.15, 0.2) is 39.9 Å². The van der Waals surface area contributed by atoms with Crippen LogP contribution in [0.25, 0.3) is 11.3 Å². The Bertz CT molecular complexity index is 953. The normalized spacial score (nSPS) is 19.1. The van der Waals surface area contributed by atoms with Gasteiger partial charge < -0.3 is 4.42 Å². The van der Waals surface area contributed by atoms with Crippen LogP contribution in [0.3, 0.4) is 0 Å². The number of amides is 1. The molecule has 2 aromatic rings. The van der Waals surface area contributed by atoms with Gasteiger partial charge in [0.25, 0.3) is 0 Å². The van der Waals surface area contributed by atoms with Gasteiger partial charge in [-0.1, -0.05) is 29.3 Å². The molecule has 0 saturated carbocycles. The predicted molar refractivity (Wildman–Crippen MR) is 101 cm³/mol. The number of benzene rings is 1. The van der Waals surface area contributed by atoms with E-state index in [2.05, 4.69) is 10.5 Å². The van der Waals surface area contributed by atoms with Crippen molar-refractivity contribution in [2.75, 3.05) is 11.5 Å². The lowest BCUT2D eigenvalue weighted by molar-refractivity contribution is -0.121. The van der Waals surface area contributed by atoms with E-state index in [0.29, 0.717) is 33.6 Å². The van der Waals surface area contributed by atoms with E-state index in [0.717, 1.165) is 0 Å². The Hall–Kier alpha value is -1.83. The van der Waals surface area contributed by atoms with E-state index in [1.54, 1.807) is 30.3 Å². The quantitative estimate of drug-likeness (QED) is 0.598. The fourth-order valence-electron chi connectivity index (χ4n) is 2.77. The van der Waals surface area contributed by atoms with Crippen LogP contribution in [-0.2, 0) is 14.6 Å². The van der Waals surface area contributed by atoms with Gasteiger partial charge in [-0.2, -0.15) is 5.10 Å². The molecule has 1 aromatic carbocycles. The number of rotatable bonds is 5. The number of hydrogen-bond acceptors (Lipinski definition) is 5. The van der Waals surface area contributed by atoms with Crippen LogP contribution in [0.4, 0.5) is 0 Å². The molecular weight excluding hydrogens is 399 g/mol. The van der Waals surface area contributed by atoms with Crippen molar-refractivity contribution in [3.05, 3.63) is 46.1 Å². The number of nitrogens with zero attached hydrogens (tertiary/aromatic N) is 1. The second-order valence-corrected chi connectivity index (χ2v) is 9.08. The van der Waals surface area contributed by atoms with Gasteiger partial charge in [-0.15, -0.1) is 0 Å². The summed E-state index contributed by atoms with van der Waals surface area (Å²) < 4.78 is 28.4. The molecule has 0 spiro atoms. The average Bonchev–Trinajstić information content (AvgIpc) is 3.16. The second-order valence-electron chi connectivity index (χ2n) is 6.07. The Morgan fingerprint density at radius 1 is 1.31 bits per heavy atom. The summed E-state index contributed by atoms with van der Waals surface area (Å²) in [6.07, 6.45) is 2.02. The Kier molecular flexibility index (Phi) is 5.70. The number of furan rings is 1. The third-order valence-electron chi connectivity index (χ3n) is 4.03. The molecule has 138 valence electrons. The van der Waals surface area contributed by atoms with E-state index < -0.39 is 9.84 Å². The molecule has 0 bridgehead atoms. The van der Waals surface area contributed by atoms with Crippen molar-refractivity contribution in [3.63, 3.8) is 0 Å². The van der Waals surface area contributed by atoms with Gasteiger partial charge in [0, 0.05) is 12.0 Å². The fourth-order valence-corrected chi connectivity index (χ4v) is 5.03. The van der Waals surface area contributed by atoms with Crippen molar-refractivity contribution in [1.29, 1.82) is 0 Å². The van der Waals surface area contributed by atoms with Gasteiger partial charge in [0.2, 0.25) is 5.91 Å². The van der Waals surface area contributed by atoms with Crippen LogP contribution in [-0.4, -0.2) is 32.0 Å². The highest BCUT2D eigenvalue weighted by Crippen LogP contribution is 2.34. The molecule has 3 rings (SSSR count). The molecule has 1 aliphatic heterocycles. The first-order chi connectivity index (χ1) is 12.3. The molecule has 1 atom stereocenters. The number of hydrogen-bond donors (Lipinski definition) is 1. The largest absolute Gasteiger partial charge is 0.455 e. The molecule has 1 amide bonds. The maximum absolute atomic E-state index is 11.8. The first-order valence-corrected chi connectivity index (χ1v) is 10.5. The fraction of sp³-hybridized carbons (Fsp3) is 0.294. The van der Waals surface area contributed by atoms with Crippen LogP contribution < -0.4 is 5.43 Å². The standard InChI is InChI=1S/C17H16Cl2N2O4S/c18-14-3-1-2-13(17(14)19)15-5-4-12(25-15)9-20-21-16(22)8-11-6-7-26(23,24)10-11/h1-5,9,11H,6-8,10H2,(H,21,22)/b20-9-/t11-/m1/s1. The highest BCUT2D eigenvalue weighted by atomic mass is 35.5. The van der Waals surface area contributed by atoms with Crippen LogP contribution in [0.1, 0.15) is 18.6 Å². The van der Waals surface area contributed by atoms with Crippen LogP contribution in [0.5, 0.6) is 0 Å². The summed E-state index contributed by atoms with van der Waals surface area (Å²) in [7, 11) is -2.99. The summed E-state index contributed by atoms with van der Waals surface area (Å²) in [4.78, 5) is 11.8. The van der Waals surface area contributed by atoms with E-state index in [4.69, 9.17) is 27.6 Å². The van der Waals surface area contributed by atoms with Crippen molar-refractivity contribution >= 4 is 45.2 Å². The zero-order valence-corrected chi connectivity index (χ0v) is 15.9. The van der Waals surface area contributed by atoms with Gasteiger partial charge in [0.1, 0.15) is 11.5 Å². The SMILES string of the molecule is O=C(C[C@H]1CCS(=O)(=O)C1)N/N=C\c1ccc(-c2cccc(Cl)c2Cl)o1. The second kappa shape index (κ2) is 7.82. The van der Waals surface area contributed by atoms with Gasteiger partial charge in [0.05, 0.1) is 27.8 Å². The number of carbonyl (C=O) groups excluding carboxylic acids is 1. The number of nitrogens with one attached hydrogen (secondary N) is 1. The van der Waals surface area contributed by atoms with E-state index in [9.17, 15) is 13.2 Å². The van der Waals surface area contributed by atoms with Crippen LogP contribution in [0, 0.1) is 5.92 Å². The lowest BCUT2D eigenvalue weighted by Gasteiger charge is -2.04. The third-order valence-corrected chi connectivity index (χ3v) is 6.68. The predicted octanol–water partition coefficient (Wildman–Crippen LogP) is 3.53. The molecule has 26 heavy (non-hydrogen) atoms. The number of halogens is 2. The van der Waals surface area contributed by atoms with E-state index in [-0.39, 0.29) is 29.8 Å². The summed E-state index contributed by atoms with van der Waals surface area (Å²) in [5.41, 5.74) is 3.04. The van der Waals surface area contributed by atoms with E-state index in [1.807, 2.05) is 0 Å². The number of hydrazone groups is 1. The molecule has 2 heterocycles. The summed E-state index contributed by atoms with van der Waals surface area (Å²) in [6, 6.07) is 8.65. The molecule has 1 saturated heterocycles. The maximum Gasteiger partial charge on any atom is 0.240 e. The van der Waals surface area contributed by atoms with Gasteiger partial charge in [-0.25, -0.2) is 13.8 Å². The van der Waals surface area contributed by atoms with Crippen molar-refractivity contribution in [3.8, 4) is 11.3 Å². The minimum Gasteiger partial charge on any atom is -0.455 e. The molecule has 1 fully saturated rings. The Morgan fingerprint density at radius 2 is 2.12 bits per heavy atom. The Labute approximate surface area is 161 Å². The van der Waals surface area contributed by atoms with E-state index >= 15 is 0 Å². The van der Waals surface area contributed by atoms with Gasteiger partial charge in [0.15, 0.2) is 9.84 Å². The molecule has 0 radical (unpaired) electrons. The Balaban J connectivity index is 1.57. The smallest absolute Gasteiger partial charge is 0.240 e. The summed E-state index contributed by atoms with van der Waals surface area (Å²) in [5.74, 6) is 0.700. The lowest BCUT2D eigenvalue weighted by atomic mass is 10.1. The molecule has 0 aliphatic carbocycles. The summed E-state index contributed by atoms with van der Waals surface area (Å²) >= 11 is 12.1. The molecule has 6 nitrogen and oxygen atoms in total. The molecule has 1 aliphatic rings. The molecule has 1 N–H and O–H groups in total. The van der Waals surface area contributed by atoms with Crippen molar-refractivity contribution in [2.24, 2.45) is 11.0 Å². The monoisotopic (exact) mass is 414 g/mol. The summed E-state index contributed by atoms with van der Waals surface area (Å²) in [5, 5.41) is 4.66. The minimum atomic E-state index is -2.99. The van der Waals surface area contributed by atoms with Gasteiger partial charge in [-0.05, 0) is 36.6 Å². The third kappa shape index (κ3) is 4.66. The minimum absolute atomic E-state index is 0.0616. The highest BCUT2D eigenvalue weighted by molar-refractivity contribution is 7.91. The first kappa shape index (κ1) is 18.9. The summed E-state index contributed by atoms with van der Waals surface area (Å²) in [6.45, 7) is 0. The molecule has 9 heteroatoms. The zero-order chi connectivity index (χ0) is 18.7. The van der Waals surface area contributed by atoms with Gasteiger partial charge in [-0.3, -0.25) is 4.79 Å². The van der Waals surface area contributed by atoms with Crippen LogP contribution >= 0.6 is 23.2 Å². The lowest BCUT2D eigenvalue weighted by Crippen LogP contribution is -2.21. The topological polar surface area (TPSA) is 88.7 Å². The first-order valence-electron chi connectivity index (χ1n) is 7.90. The maximum atomic E-state index is 11.8. The van der Waals surface area contributed by atoms with Crippen molar-refractivity contribution < 1.29 is 17.6 Å². The molecular formula is C17H16Cl2N2O4S. The van der Waals surface area contributed by atoms with Crippen molar-refractivity contribution in [1.82, 2.24) is 5.43 Å². The number of sulfone groups is 1.